The number of carbonyl (C=O) groups excluding carboxylic acids is 1. The fraction of sp³-hybridized carbons (Fsp3) is 0.143. The summed E-state index contributed by atoms with van der Waals surface area (Å²) < 4.78 is 3.58. The summed E-state index contributed by atoms with van der Waals surface area (Å²) in [6, 6.07) is 14.9. The molecule has 4 nitrogen and oxygen atoms in total. The molecule has 136 valence electrons. The molecule has 0 aliphatic rings. The number of aromatic nitrogens is 2. The standard InChI is InChI=1S/C21H16BrClN2O2/c1-24-15-6-4-3-5-14(15)18-19(16(26)11-22)17(21(27)25(2)20(18)24)12-7-9-13(23)10-8-12/h3-10H,11H2,1-2H3. The summed E-state index contributed by atoms with van der Waals surface area (Å²) in [6.45, 7) is 0. The van der Waals surface area contributed by atoms with Crippen LogP contribution in [0.1, 0.15) is 10.4 Å². The van der Waals surface area contributed by atoms with E-state index in [-0.39, 0.29) is 16.7 Å². The molecule has 0 amide bonds. The number of pyridine rings is 1. The molecule has 0 radical (unpaired) electrons. The van der Waals surface area contributed by atoms with Crippen LogP contribution in [0.25, 0.3) is 33.1 Å². The summed E-state index contributed by atoms with van der Waals surface area (Å²) in [4.78, 5) is 26.3. The lowest BCUT2D eigenvalue weighted by atomic mass is 9.95. The van der Waals surface area contributed by atoms with Gasteiger partial charge in [-0.2, -0.15) is 0 Å². The summed E-state index contributed by atoms with van der Waals surface area (Å²) in [5, 5.41) is 2.46. The lowest BCUT2D eigenvalue weighted by Crippen LogP contribution is -2.24. The predicted octanol–water partition coefficient (Wildman–Crippen LogP) is 4.93. The Kier molecular flexibility index (Phi) is 4.44. The first-order valence-electron chi connectivity index (χ1n) is 8.41. The highest BCUT2D eigenvalue weighted by atomic mass is 79.9. The molecule has 0 aliphatic carbocycles. The lowest BCUT2D eigenvalue weighted by Gasteiger charge is -2.14. The van der Waals surface area contributed by atoms with Gasteiger partial charge in [0, 0.05) is 35.5 Å². The molecule has 2 heterocycles. The number of hydrogen-bond donors (Lipinski definition) is 0. The summed E-state index contributed by atoms with van der Waals surface area (Å²) in [5.41, 5.74) is 3.02. The molecule has 0 spiro atoms. The average Bonchev–Trinajstić information content (AvgIpc) is 2.98. The van der Waals surface area contributed by atoms with Gasteiger partial charge in [-0.25, -0.2) is 0 Å². The zero-order valence-corrected chi connectivity index (χ0v) is 17.1. The number of halogens is 2. The minimum absolute atomic E-state index is 0.126. The van der Waals surface area contributed by atoms with Gasteiger partial charge in [-0.1, -0.05) is 57.9 Å². The van der Waals surface area contributed by atoms with Crippen LogP contribution in [-0.2, 0) is 14.1 Å². The minimum Gasteiger partial charge on any atom is -0.330 e. The molecular formula is C21H16BrClN2O2. The maximum absolute atomic E-state index is 13.3. The number of nitrogens with zero attached hydrogens (tertiary/aromatic N) is 2. The van der Waals surface area contributed by atoms with Crippen molar-refractivity contribution in [2.24, 2.45) is 14.1 Å². The number of carbonyl (C=O) groups is 1. The maximum atomic E-state index is 13.3. The van der Waals surface area contributed by atoms with Crippen LogP contribution >= 0.6 is 27.5 Å². The largest absolute Gasteiger partial charge is 0.330 e. The van der Waals surface area contributed by atoms with E-state index in [1.807, 2.05) is 35.9 Å². The van der Waals surface area contributed by atoms with Crippen LogP contribution in [0.3, 0.4) is 0 Å². The van der Waals surface area contributed by atoms with Crippen LogP contribution in [0.15, 0.2) is 53.3 Å². The van der Waals surface area contributed by atoms with Crippen LogP contribution in [-0.4, -0.2) is 20.2 Å². The van der Waals surface area contributed by atoms with Gasteiger partial charge in [0.05, 0.1) is 16.4 Å². The number of rotatable bonds is 3. The molecule has 0 unspecified atom stereocenters. The van der Waals surface area contributed by atoms with Gasteiger partial charge >= 0.3 is 0 Å². The zero-order valence-electron chi connectivity index (χ0n) is 14.8. The van der Waals surface area contributed by atoms with E-state index in [0.717, 1.165) is 21.9 Å². The van der Waals surface area contributed by atoms with E-state index in [1.54, 1.807) is 35.9 Å². The topological polar surface area (TPSA) is 44.0 Å². The normalized spacial score (nSPS) is 11.4. The first kappa shape index (κ1) is 18.0. The van der Waals surface area contributed by atoms with E-state index in [1.165, 1.54) is 0 Å². The van der Waals surface area contributed by atoms with E-state index >= 15 is 0 Å². The number of alkyl halides is 1. The number of para-hydroxylation sites is 1. The smallest absolute Gasteiger partial charge is 0.260 e. The van der Waals surface area contributed by atoms with Gasteiger partial charge in [-0.3, -0.25) is 14.2 Å². The van der Waals surface area contributed by atoms with Gasteiger partial charge in [0.2, 0.25) is 0 Å². The monoisotopic (exact) mass is 442 g/mol. The molecule has 4 rings (SSSR count). The molecule has 0 bridgehead atoms. The number of Topliss-reactive ketones (excluding diaryl/α,β-unsaturated/α-hetero) is 1. The summed E-state index contributed by atoms with van der Waals surface area (Å²) in [7, 11) is 3.65. The number of fused-ring (bicyclic) bond motifs is 3. The molecular weight excluding hydrogens is 428 g/mol. The van der Waals surface area contributed by atoms with Crippen molar-refractivity contribution in [2.45, 2.75) is 0 Å². The number of ketones is 1. The first-order valence-corrected chi connectivity index (χ1v) is 9.91. The molecule has 2 aromatic heterocycles. The Bertz CT molecular complexity index is 1270. The lowest BCUT2D eigenvalue weighted by molar-refractivity contribution is 0.102. The van der Waals surface area contributed by atoms with Crippen molar-refractivity contribution >= 4 is 55.3 Å². The Morgan fingerprint density at radius 2 is 1.70 bits per heavy atom. The van der Waals surface area contributed by atoms with E-state index < -0.39 is 0 Å². The summed E-state index contributed by atoms with van der Waals surface area (Å²) in [6.07, 6.45) is 0. The third kappa shape index (κ3) is 2.65. The van der Waals surface area contributed by atoms with Crippen LogP contribution in [0.4, 0.5) is 0 Å². The van der Waals surface area contributed by atoms with Gasteiger partial charge in [-0.05, 0) is 23.8 Å². The SMILES string of the molecule is Cn1c(=O)c(-c2ccc(Cl)cc2)c(C(=O)CBr)c2c3ccccc3n(C)c21. The fourth-order valence-electron chi connectivity index (χ4n) is 3.74. The quantitative estimate of drug-likeness (QED) is 0.333. The Morgan fingerprint density at radius 3 is 2.37 bits per heavy atom. The van der Waals surface area contributed by atoms with Gasteiger partial charge in [0.15, 0.2) is 5.78 Å². The molecule has 6 heteroatoms. The molecule has 4 aromatic rings. The van der Waals surface area contributed by atoms with Gasteiger partial charge in [0.25, 0.3) is 5.56 Å². The molecule has 0 saturated heterocycles. The number of benzene rings is 2. The highest BCUT2D eigenvalue weighted by Crippen LogP contribution is 2.35. The molecule has 0 aliphatic heterocycles. The summed E-state index contributed by atoms with van der Waals surface area (Å²) >= 11 is 9.30. The highest BCUT2D eigenvalue weighted by Gasteiger charge is 2.25. The number of aryl methyl sites for hydroxylation is 2. The van der Waals surface area contributed by atoms with Gasteiger partial charge in [0.1, 0.15) is 5.65 Å². The van der Waals surface area contributed by atoms with Crippen molar-refractivity contribution in [2.75, 3.05) is 5.33 Å². The first-order chi connectivity index (χ1) is 13.0. The third-order valence-electron chi connectivity index (χ3n) is 4.95. The van der Waals surface area contributed by atoms with Crippen LogP contribution < -0.4 is 5.56 Å². The molecule has 0 N–H and O–H groups in total. The van der Waals surface area contributed by atoms with E-state index in [9.17, 15) is 9.59 Å². The van der Waals surface area contributed by atoms with Crippen molar-refractivity contribution in [1.29, 1.82) is 0 Å². The Hall–Kier alpha value is -2.37. The van der Waals surface area contributed by atoms with Crippen LogP contribution in [0.2, 0.25) is 5.02 Å². The summed E-state index contributed by atoms with van der Waals surface area (Å²) in [5.74, 6) is -0.126. The third-order valence-corrected chi connectivity index (χ3v) is 5.71. The second-order valence-corrected chi connectivity index (χ2v) is 7.45. The van der Waals surface area contributed by atoms with Crippen LogP contribution in [0.5, 0.6) is 0 Å². The predicted molar refractivity (Wildman–Crippen MR) is 114 cm³/mol. The molecule has 0 fully saturated rings. The van der Waals surface area contributed by atoms with Crippen molar-refractivity contribution in [3.05, 3.63) is 69.5 Å². The second-order valence-electron chi connectivity index (χ2n) is 6.45. The fourth-order valence-corrected chi connectivity index (χ4v) is 4.15. The van der Waals surface area contributed by atoms with E-state index in [0.29, 0.717) is 21.7 Å². The molecule has 2 aromatic carbocycles. The Morgan fingerprint density at radius 1 is 1.04 bits per heavy atom. The maximum Gasteiger partial charge on any atom is 0.260 e. The zero-order chi connectivity index (χ0) is 19.3. The van der Waals surface area contributed by atoms with Crippen molar-refractivity contribution in [3.63, 3.8) is 0 Å². The number of hydrogen-bond acceptors (Lipinski definition) is 2. The molecule has 0 saturated carbocycles. The van der Waals surface area contributed by atoms with Gasteiger partial charge < -0.3 is 4.57 Å². The van der Waals surface area contributed by atoms with E-state index in [2.05, 4.69) is 15.9 Å². The van der Waals surface area contributed by atoms with Crippen LogP contribution in [0, 0.1) is 0 Å². The van der Waals surface area contributed by atoms with Crippen molar-refractivity contribution in [3.8, 4) is 11.1 Å². The molecule has 0 atom stereocenters. The Balaban J connectivity index is 2.30. The highest BCUT2D eigenvalue weighted by molar-refractivity contribution is 9.09. The van der Waals surface area contributed by atoms with Gasteiger partial charge in [-0.15, -0.1) is 0 Å². The van der Waals surface area contributed by atoms with Crippen molar-refractivity contribution in [1.82, 2.24) is 9.13 Å². The minimum atomic E-state index is -0.208. The average molecular weight is 444 g/mol. The Labute approximate surface area is 169 Å². The van der Waals surface area contributed by atoms with Crippen molar-refractivity contribution < 1.29 is 4.79 Å². The van der Waals surface area contributed by atoms with E-state index in [4.69, 9.17) is 11.6 Å². The molecule has 27 heavy (non-hydrogen) atoms. The second kappa shape index (κ2) is 6.66.